The Morgan fingerprint density at radius 1 is 0.947 bits per heavy atom. The number of benzene rings is 2. The van der Waals surface area contributed by atoms with E-state index in [1.165, 1.54) is 0 Å². The molecule has 1 saturated heterocycles. The summed E-state index contributed by atoms with van der Waals surface area (Å²) in [5.41, 5.74) is 4.15. The maximum atomic E-state index is 12.7. The van der Waals surface area contributed by atoms with Gasteiger partial charge in [-0.1, -0.05) is 30.3 Å². The topological polar surface area (TPSA) is 88.0 Å². The van der Waals surface area contributed by atoms with E-state index in [1.807, 2.05) is 41.6 Å². The number of carbonyl (C=O) groups is 1. The van der Waals surface area contributed by atoms with Gasteiger partial charge in [-0.15, -0.1) is 0 Å². The number of nitrogens with zero attached hydrogens (tertiary/aromatic N) is 5. The highest BCUT2D eigenvalue weighted by Crippen LogP contribution is 2.31. The van der Waals surface area contributed by atoms with Crippen LogP contribution in [0.25, 0.3) is 22.0 Å². The second-order valence-electron chi connectivity index (χ2n) is 10.5. The van der Waals surface area contributed by atoms with Crippen molar-refractivity contribution in [1.82, 2.24) is 25.1 Å². The van der Waals surface area contributed by atoms with Crippen molar-refractivity contribution in [1.29, 1.82) is 0 Å². The Morgan fingerprint density at radius 2 is 1.71 bits per heavy atom. The third-order valence-corrected chi connectivity index (χ3v) is 7.99. The molecule has 0 unspecified atom stereocenters. The number of fused-ring (bicyclic) bond motifs is 1. The Hall–Kier alpha value is -3.78. The molecule has 1 saturated carbocycles. The van der Waals surface area contributed by atoms with Crippen LogP contribution in [0.5, 0.6) is 0 Å². The van der Waals surface area contributed by atoms with Crippen molar-refractivity contribution in [2.24, 2.45) is 0 Å². The minimum Gasteiger partial charge on any atom is -0.351 e. The van der Waals surface area contributed by atoms with Gasteiger partial charge in [0.2, 0.25) is 11.9 Å². The number of amides is 1. The van der Waals surface area contributed by atoms with Gasteiger partial charge in [-0.3, -0.25) is 9.48 Å². The van der Waals surface area contributed by atoms with E-state index >= 15 is 0 Å². The molecule has 196 valence electrons. The van der Waals surface area contributed by atoms with Gasteiger partial charge in [-0.25, -0.2) is 9.97 Å². The lowest BCUT2D eigenvalue weighted by Crippen LogP contribution is -2.43. The zero-order valence-corrected chi connectivity index (χ0v) is 21.9. The molecule has 1 amide bonds. The van der Waals surface area contributed by atoms with Crippen LogP contribution < -0.4 is 15.5 Å². The number of anilines is 2. The number of aromatic nitrogens is 4. The molecule has 2 aromatic heterocycles. The fraction of sp³-hybridized carbons (Fsp3) is 0.400. The predicted octanol–water partition coefficient (Wildman–Crippen LogP) is 5.19. The van der Waals surface area contributed by atoms with Crippen molar-refractivity contribution < 1.29 is 4.79 Å². The van der Waals surface area contributed by atoms with Crippen molar-refractivity contribution in [2.75, 3.05) is 23.3 Å². The van der Waals surface area contributed by atoms with Crippen LogP contribution in [0.3, 0.4) is 0 Å². The smallest absolute Gasteiger partial charge is 0.224 e. The lowest BCUT2D eigenvalue weighted by atomic mass is 9.89. The summed E-state index contributed by atoms with van der Waals surface area (Å²) in [6.07, 6.45) is 12.0. The monoisotopic (exact) mass is 509 g/mol. The molecule has 2 aromatic carbocycles. The Bertz CT molecular complexity index is 1390. The Balaban J connectivity index is 1.09. The van der Waals surface area contributed by atoms with E-state index in [0.29, 0.717) is 18.0 Å². The van der Waals surface area contributed by atoms with E-state index < -0.39 is 0 Å². The van der Waals surface area contributed by atoms with Crippen molar-refractivity contribution in [3.8, 4) is 11.1 Å². The minimum atomic E-state index is 0.0887. The van der Waals surface area contributed by atoms with Gasteiger partial charge in [-0.05, 0) is 75.4 Å². The van der Waals surface area contributed by atoms with E-state index in [1.54, 1.807) is 6.92 Å². The molecule has 38 heavy (non-hydrogen) atoms. The Labute approximate surface area is 223 Å². The number of rotatable bonds is 6. The van der Waals surface area contributed by atoms with Crippen LogP contribution in [0.1, 0.15) is 51.5 Å². The first-order valence-corrected chi connectivity index (χ1v) is 13.8. The average Bonchev–Trinajstić information content (AvgIpc) is 3.45. The molecule has 0 atom stereocenters. The zero-order valence-electron chi connectivity index (χ0n) is 21.9. The summed E-state index contributed by atoms with van der Waals surface area (Å²) in [6, 6.07) is 17.4. The van der Waals surface area contributed by atoms with Crippen LogP contribution in [0.2, 0.25) is 0 Å². The maximum Gasteiger partial charge on any atom is 0.224 e. The molecule has 1 aliphatic heterocycles. The molecule has 8 nitrogen and oxygen atoms in total. The first kappa shape index (κ1) is 24.6. The van der Waals surface area contributed by atoms with Gasteiger partial charge in [0.25, 0.3) is 0 Å². The van der Waals surface area contributed by atoms with E-state index in [-0.39, 0.29) is 11.9 Å². The van der Waals surface area contributed by atoms with Crippen LogP contribution in [-0.2, 0) is 4.79 Å². The first-order valence-electron chi connectivity index (χ1n) is 13.8. The van der Waals surface area contributed by atoms with Crippen LogP contribution in [0.4, 0.5) is 11.6 Å². The number of para-hydroxylation sites is 1. The number of piperidine rings is 1. The van der Waals surface area contributed by atoms with Gasteiger partial charge < -0.3 is 15.5 Å². The summed E-state index contributed by atoms with van der Waals surface area (Å²) in [5.74, 6) is 0.764. The van der Waals surface area contributed by atoms with E-state index in [0.717, 1.165) is 79.3 Å². The summed E-state index contributed by atoms with van der Waals surface area (Å²) in [4.78, 5) is 23.9. The highest BCUT2D eigenvalue weighted by atomic mass is 16.2. The van der Waals surface area contributed by atoms with Gasteiger partial charge in [0, 0.05) is 48.0 Å². The molecule has 1 aliphatic carbocycles. The zero-order chi connectivity index (χ0) is 25.9. The number of nitrogens with one attached hydrogen (secondary N) is 2. The van der Waals surface area contributed by atoms with Crippen molar-refractivity contribution in [2.45, 2.75) is 63.6 Å². The van der Waals surface area contributed by atoms with Crippen LogP contribution in [-0.4, -0.2) is 50.8 Å². The molecule has 0 radical (unpaired) electrons. The molecule has 0 bridgehead atoms. The van der Waals surface area contributed by atoms with Crippen LogP contribution in [0, 0.1) is 0 Å². The molecule has 2 aliphatic rings. The predicted molar refractivity (Wildman–Crippen MR) is 151 cm³/mol. The van der Waals surface area contributed by atoms with E-state index in [2.05, 4.69) is 60.8 Å². The lowest BCUT2D eigenvalue weighted by molar-refractivity contribution is -0.117. The van der Waals surface area contributed by atoms with Crippen molar-refractivity contribution in [3.63, 3.8) is 0 Å². The van der Waals surface area contributed by atoms with Crippen LogP contribution >= 0.6 is 0 Å². The van der Waals surface area contributed by atoms with E-state index in [9.17, 15) is 4.79 Å². The molecule has 0 spiro atoms. The Morgan fingerprint density at radius 3 is 2.47 bits per heavy atom. The quantitative estimate of drug-likeness (QED) is 0.372. The average molecular weight is 510 g/mol. The fourth-order valence-electron chi connectivity index (χ4n) is 5.92. The standard InChI is InChI=1S/C30H35N7O/c1-21(38)37(27-10-6-22(7-11-27)24-19-33-36(20-24)26-14-16-31-17-15-26)28-12-8-25(9-13-28)34-30-32-18-23-4-2-3-5-29(23)35-30/h2-7,10-11,18-20,25-26,28,31H,8-9,12-17H2,1H3,(H,32,34,35). The van der Waals surface area contributed by atoms with Gasteiger partial charge in [-0.2, -0.15) is 5.10 Å². The molecular weight excluding hydrogens is 474 g/mol. The first-order chi connectivity index (χ1) is 18.6. The SMILES string of the molecule is CC(=O)N(c1ccc(-c2cnn(C3CCNCC3)c2)cc1)C1CCC(Nc2ncc3ccccc3n2)CC1. The molecule has 2 fully saturated rings. The molecule has 6 rings (SSSR count). The molecule has 3 heterocycles. The maximum absolute atomic E-state index is 12.7. The fourth-order valence-corrected chi connectivity index (χ4v) is 5.92. The Kier molecular flexibility index (Phi) is 7.05. The normalized spacial score (nSPS) is 20.3. The van der Waals surface area contributed by atoms with Crippen molar-refractivity contribution >= 4 is 28.4 Å². The highest BCUT2D eigenvalue weighted by molar-refractivity contribution is 5.92. The summed E-state index contributed by atoms with van der Waals surface area (Å²) in [6.45, 7) is 3.76. The van der Waals surface area contributed by atoms with E-state index in [4.69, 9.17) is 0 Å². The van der Waals surface area contributed by atoms with Gasteiger partial charge in [0.05, 0.1) is 17.8 Å². The third-order valence-electron chi connectivity index (χ3n) is 7.99. The van der Waals surface area contributed by atoms with Gasteiger partial charge in [0.15, 0.2) is 0 Å². The summed E-state index contributed by atoms with van der Waals surface area (Å²) in [5, 5.41) is 12.6. The number of hydrogen-bond donors (Lipinski definition) is 2. The second kappa shape index (κ2) is 10.9. The largest absolute Gasteiger partial charge is 0.351 e. The molecule has 2 N–H and O–H groups in total. The van der Waals surface area contributed by atoms with Gasteiger partial charge in [0.1, 0.15) is 0 Å². The van der Waals surface area contributed by atoms with Crippen LogP contribution in [0.15, 0.2) is 67.1 Å². The number of hydrogen-bond acceptors (Lipinski definition) is 6. The minimum absolute atomic E-state index is 0.0887. The summed E-state index contributed by atoms with van der Waals surface area (Å²) in [7, 11) is 0. The van der Waals surface area contributed by atoms with Gasteiger partial charge >= 0.3 is 0 Å². The van der Waals surface area contributed by atoms with Crippen molar-refractivity contribution in [3.05, 3.63) is 67.1 Å². The molecule has 4 aromatic rings. The molecule has 8 heteroatoms. The highest BCUT2D eigenvalue weighted by Gasteiger charge is 2.29. The number of carbonyl (C=O) groups excluding carboxylic acids is 1. The third kappa shape index (κ3) is 5.27. The summed E-state index contributed by atoms with van der Waals surface area (Å²) < 4.78 is 2.11. The lowest BCUT2D eigenvalue weighted by Gasteiger charge is -2.36. The molecular formula is C30H35N7O. The summed E-state index contributed by atoms with van der Waals surface area (Å²) >= 11 is 0. The second-order valence-corrected chi connectivity index (χ2v) is 10.5.